The van der Waals surface area contributed by atoms with Crippen LogP contribution in [0.25, 0.3) is 0 Å². The highest BCUT2D eigenvalue weighted by Crippen LogP contribution is 2.34. The summed E-state index contributed by atoms with van der Waals surface area (Å²) in [5.41, 5.74) is 3.88. The summed E-state index contributed by atoms with van der Waals surface area (Å²) in [5, 5.41) is 13.5. The van der Waals surface area contributed by atoms with Crippen molar-refractivity contribution in [2.75, 3.05) is 34.4 Å². The van der Waals surface area contributed by atoms with Crippen molar-refractivity contribution in [2.45, 2.75) is 155 Å². The largest absolute Gasteiger partial charge is 0.383 e. The molecule has 5 rings (SSSR count). The van der Waals surface area contributed by atoms with E-state index in [1.165, 1.54) is 38.5 Å². The Morgan fingerprint density at radius 2 is 0.860 bits per heavy atom. The van der Waals surface area contributed by atoms with Gasteiger partial charge < -0.3 is 31.1 Å². The van der Waals surface area contributed by atoms with Crippen LogP contribution in [0, 0.1) is 11.8 Å². The van der Waals surface area contributed by atoms with E-state index in [0.29, 0.717) is 36.0 Å². The number of carbonyl (C=O) groups excluding carboxylic acids is 2. The van der Waals surface area contributed by atoms with Gasteiger partial charge in [0.25, 0.3) is 0 Å². The van der Waals surface area contributed by atoms with Crippen molar-refractivity contribution >= 4 is 34.8 Å². The lowest BCUT2D eigenvalue weighted by Crippen LogP contribution is -2.48. The van der Waals surface area contributed by atoms with Gasteiger partial charge in [-0.2, -0.15) is 0 Å². The predicted molar refractivity (Wildman–Crippen MR) is 210 cm³/mol. The van der Waals surface area contributed by atoms with Gasteiger partial charge in [-0.05, 0) is 138 Å². The molecule has 2 atom stereocenters. The van der Waals surface area contributed by atoms with Gasteiger partial charge in [-0.1, -0.05) is 52.4 Å². The Bertz CT molecular complexity index is 1200. The number of carbonyl (C=O) groups is 2. The molecule has 3 aliphatic rings. The summed E-state index contributed by atoms with van der Waals surface area (Å²) in [4.78, 5) is 32.0. The van der Waals surface area contributed by atoms with E-state index < -0.39 is 0 Å². The molecule has 3 aliphatic carbocycles. The van der Waals surface area contributed by atoms with E-state index in [9.17, 15) is 9.59 Å². The van der Waals surface area contributed by atoms with E-state index in [1.54, 1.807) is 0 Å². The molecule has 3 saturated carbocycles. The molecule has 2 aromatic rings. The topological polar surface area (TPSA) is 88.7 Å². The van der Waals surface area contributed by atoms with E-state index in [1.807, 2.05) is 24.3 Å². The Kier molecular flexibility index (Phi) is 14.6. The van der Waals surface area contributed by atoms with Crippen molar-refractivity contribution in [1.29, 1.82) is 0 Å². The lowest BCUT2D eigenvalue weighted by Gasteiger charge is -2.40. The third kappa shape index (κ3) is 11.3. The molecule has 50 heavy (non-hydrogen) atoms. The maximum absolute atomic E-state index is 13.8. The molecule has 4 amide bonds. The highest BCUT2D eigenvalue weighted by atomic mass is 16.2. The number of anilines is 4. The predicted octanol–water partition coefficient (Wildman–Crippen LogP) is 10.9. The van der Waals surface area contributed by atoms with Gasteiger partial charge in [0.2, 0.25) is 0 Å². The Morgan fingerprint density at radius 3 is 1.18 bits per heavy atom. The highest BCUT2D eigenvalue weighted by molar-refractivity contribution is 5.90. The molecule has 0 bridgehead atoms. The third-order valence-electron chi connectivity index (χ3n) is 11.8. The van der Waals surface area contributed by atoms with Crippen molar-refractivity contribution < 1.29 is 9.59 Å². The van der Waals surface area contributed by atoms with Crippen molar-refractivity contribution in [1.82, 2.24) is 9.80 Å². The molecule has 8 heteroatoms. The fourth-order valence-corrected chi connectivity index (χ4v) is 8.20. The zero-order chi connectivity index (χ0) is 35.3. The van der Waals surface area contributed by atoms with E-state index >= 15 is 0 Å². The second-order valence-corrected chi connectivity index (χ2v) is 15.7. The summed E-state index contributed by atoms with van der Waals surface area (Å²) in [6.45, 7) is 10.4. The number of rotatable bonds is 14. The first-order valence-corrected chi connectivity index (χ1v) is 20.2. The number of hydrogen-bond donors (Lipinski definition) is 4. The SMILES string of the molecule is CCC(C)Nc1ccc(NC(=O)N(CC2CCC(CN(C(=O)Nc3ccc(NC(C)CC)cc3)C3CCCCC3)CC2)C2CCCCC2)cc1. The second kappa shape index (κ2) is 19.3. The van der Waals surface area contributed by atoms with Crippen LogP contribution in [0.2, 0.25) is 0 Å². The Morgan fingerprint density at radius 1 is 0.540 bits per heavy atom. The quantitative estimate of drug-likeness (QED) is 0.159. The summed E-state index contributed by atoms with van der Waals surface area (Å²) in [6.07, 6.45) is 18.3. The highest BCUT2D eigenvalue weighted by Gasteiger charge is 2.33. The summed E-state index contributed by atoms with van der Waals surface area (Å²) < 4.78 is 0. The van der Waals surface area contributed by atoms with E-state index in [0.717, 1.165) is 100 Å². The molecule has 8 nitrogen and oxygen atoms in total. The zero-order valence-corrected chi connectivity index (χ0v) is 31.5. The average Bonchev–Trinajstić information content (AvgIpc) is 3.15. The van der Waals surface area contributed by atoms with Gasteiger partial charge in [0.05, 0.1) is 0 Å². The normalized spacial score (nSPS) is 21.4. The third-order valence-corrected chi connectivity index (χ3v) is 11.8. The van der Waals surface area contributed by atoms with Gasteiger partial charge in [-0.3, -0.25) is 0 Å². The Labute approximate surface area is 302 Å². The Balaban J connectivity index is 1.17. The van der Waals surface area contributed by atoms with Gasteiger partial charge in [0.1, 0.15) is 0 Å². The number of benzene rings is 2. The van der Waals surface area contributed by atoms with E-state index in [4.69, 9.17) is 0 Å². The van der Waals surface area contributed by atoms with Crippen LogP contribution in [0.3, 0.4) is 0 Å². The van der Waals surface area contributed by atoms with Gasteiger partial charge in [0.15, 0.2) is 0 Å². The first kappa shape index (κ1) is 37.8. The number of urea groups is 2. The fourth-order valence-electron chi connectivity index (χ4n) is 8.20. The van der Waals surface area contributed by atoms with Crippen molar-refractivity contribution in [3.05, 3.63) is 48.5 Å². The summed E-state index contributed by atoms with van der Waals surface area (Å²) in [6, 6.07) is 17.9. The van der Waals surface area contributed by atoms with Crippen LogP contribution in [0.15, 0.2) is 48.5 Å². The number of nitrogens with one attached hydrogen (secondary N) is 4. The lowest BCUT2D eigenvalue weighted by molar-refractivity contribution is 0.117. The lowest BCUT2D eigenvalue weighted by atomic mass is 9.80. The van der Waals surface area contributed by atoms with Crippen LogP contribution in [0.4, 0.5) is 32.3 Å². The minimum Gasteiger partial charge on any atom is -0.383 e. The minimum absolute atomic E-state index is 0.0468. The van der Waals surface area contributed by atoms with Gasteiger partial charge in [-0.25, -0.2) is 9.59 Å². The molecule has 3 fully saturated rings. The molecule has 0 saturated heterocycles. The monoisotopic (exact) mass is 687 g/mol. The Hall–Kier alpha value is -3.42. The van der Waals surface area contributed by atoms with Crippen LogP contribution in [0.1, 0.15) is 130 Å². The molecule has 0 aromatic heterocycles. The molecule has 276 valence electrons. The molecule has 0 aliphatic heterocycles. The van der Waals surface area contributed by atoms with Gasteiger partial charge in [0, 0.05) is 60.0 Å². The van der Waals surface area contributed by atoms with Crippen LogP contribution in [-0.2, 0) is 0 Å². The van der Waals surface area contributed by atoms with Crippen LogP contribution < -0.4 is 21.3 Å². The van der Waals surface area contributed by atoms with Crippen molar-refractivity contribution in [3.63, 3.8) is 0 Å². The zero-order valence-electron chi connectivity index (χ0n) is 31.5. The van der Waals surface area contributed by atoms with E-state index in [2.05, 4.69) is 83.0 Å². The molecule has 0 radical (unpaired) electrons. The van der Waals surface area contributed by atoms with Crippen LogP contribution in [0.5, 0.6) is 0 Å². The molecular formula is C42H66N6O2. The fraction of sp³-hybridized carbons (Fsp3) is 0.667. The first-order valence-electron chi connectivity index (χ1n) is 20.2. The standard InChI is InChI=1S/C42H66N6O2/c1-5-31(3)43-35-21-25-37(26-22-35)45-41(49)47(39-13-9-7-10-14-39)29-33-17-19-34(20-18-33)30-48(40-15-11-8-12-16-40)42(50)46-38-27-23-36(24-28-38)44-32(4)6-2/h21-28,31-34,39-40,43-44H,5-20,29-30H2,1-4H3,(H,45,49)(H,46,50). The summed E-state index contributed by atoms with van der Waals surface area (Å²) in [7, 11) is 0. The number of nitrogens with zero attached hydrogens (tertiary/aromatic N) is 2. The molecule has 4 N–H and O–H groups in total. The smallest absolute Gasteiger partial charge is 0.322 e. The average molecular weight is 687 g/mol. The number of amides is 4. The van der Waals surface area contributed by atoms with Crippen molar-refractivity contribution in [2.24, 2.45) is 11.8 Å². The van der Waals surface area contributed by atoms with Crippen LogP contribution in [-0.4, -0.2) is 59.1 Å². The maximum atomic E-state index is 13.8. The van der Waals surface area contributed by atoms with Crippen LogP contribution >= 0.6 is 0 Å². The molecular weight excluding hydrogens is 621 g/mol. The molecule has 0 spiro atoms. The molecule has 2 aromatic carbocycles. The molecule has 0 heterocycles. The van der Waals surface area contributed by atoms with E-state index in [-0.39, 0.29) is 12.1 Å². The maximum Gasteiger partial charge on any atom is 0.322 e. The summed E-state index contributed by atoms with van der Waals surface area (Å²) in [5.74, 6) is 1.00. The number of hydrogen-bond acceptors (Lipinski definition) is 4. The second-order valence-electron chi connectivity index (χ2n) is 15.7. The van der Waals surface area contributed by atoms with Crippen molar-refractivity contribution in [3.8, 4) is 0 Å². The van der Waals surface area contributed by atoms with Gasteiger partial charge in [-0.15, -0.1) is 0 Å². The first-order chi connectivity index (χ1) is 24.3. The molecule has 2 unspecified atom stereocenters. The summed E-state index contributed by atoms with van der Waals surface area (Å²) >= 11 is 0. The van der Waals surface area contributed by atoms with Gasteiger partial charge >= 0.3 is 12.1 Å². The minimum atomic E-state index is 0.0468.